The van der Waals surface area contributed by atoms with Gasteiger partial charge < -0.3 is 19.8 Å². The topological polar surface area (TPSA) is 62.4 Å². The van der Waals surface area contributed by atoms with Gasteiger partial charge in [0, 0.05) is 30.2 Å². The fraction of sp³-hybridized carbons (Fsp3) is 0.435. The molecule has 4 heterocycles. The van der Waals surface area contributed by atoms with E-state index in [0.29, 0.717) is 29.9 Å². The number of nitrogens with one attached hydrogen (secondary N) is 2. The lowest BCUT2D eigenvalue weighted by molar-refractivity contribution is -0.140. The van der Waals surface area contributed by atoms with Gasteiger partial charge in [0.1, 0.15) is 23.9 Å². The Hall–Kier alpha value is -2.78. The molecule has 0 bridgehead atoms. The first kappa shape index (κ1) is 19.9. The summed E-state index contributed by atoms with van der Waals surface area (Å²) in [6.07, 6.45) is -0.793. The maximum absolute atomic E-state index is 13.3. The Kier molecular flexibility index (Phi) is 4.42. The van der Waals surface area contributed by atoms with Crippen LogP contribution in [-0.2, 0) is 10.9 Å². The van der Waals surface area contributed by atoms with Crippen molar-refractivity contribution in [1.82, 2.24) is 14.9 Å². The molecule has 6 rings (SSSR count). The molecule has 1 aromatic carbocycles. The second kappa shape index (κ2) is 7.11. The van der Waals surface area contributed by atoms with E-state index in [4.69, 9.17) is 9.47 Å². The van der Waals surface area contributed by atoms with E-state index in [1.165, 1.54) is 6.20 Å². The quantitative estimate of drug-likeness (QED) is 0.629. The number of ether oxygens (including phenoxy) is 2. The summed E-state index contributed by atoms with van der Waals surface area (Å²) >= 11 is 0. The molecule has 1 spiro atoms. The smallest absolute Gasteiger partial charge is 0.431 e. The van der Waals surface area contributed by atoms with Crippen LogP contribution in [0.25, 0.3) is 10.9 Å². The Morgan fingerprint density at radius 3 is 2.84 bits per heavy atom. The monoisotopic (exact) mass is 444 g/mol. The van der Waals surface area contributed by atoms with Gasteiger partial charge in [0.05, 0.1) is 29.8 Å². The first-order valence-electron chi connectivity index (χ1n) is 10.8. The van der Waals surface area contributed by atoms with E-state index in [2.05, 4.69) is 20.2 Å². The zero-order valence-corrected chi connectivity index (χ0v) is 17.3. The highest BCUT2D eigenvalue weighted by atomic mass is 19.4. The molecule has 1 saturated carbocycles. The van der Waals surface area contributed by atoms with Crippen LogP contribution in [0.4, 0.5) is 19.0 Å². The molecule has 2 fully saturated rings. The van der Waals surface area contributed by atoms with Crippen LogP contribution in [0.2, 0.25) is 0 Å². The summed E-state index contributed by atoms with van der Waals surface area (Å²) in [6.45, 7) is 2.78. The van der Waals surface area contributed by atoms with Crippen LogP contribution in [0.15, 0.2) is 42.6 Å². The van der Waals surface area contributed by atoms with E-state index in [9.17, 15) is 13.2 Å². The zero-order valence-electron chi connectivity index (χ0n) is 17.3. The van der Waals surface area contributed by atoms with Crippen molar-refractivity contribution >= 4 is 16.7 Å². The fourth-order valence-electron chi connectivity index (χ4n) is 4.91. The minimum absolute atomic E-state index is 0.00404. The lowest BCUT2D eigenvalue weighted by Crippen LogP contribution is -2.55. The van der Waals surface area contributed by atoms with Crippen molar-refractivity contribution in [3.8, 4) is 5.75 Å². The van der Waals surface area contributed by atoms with Crippen molar-refractivity contribution in [1.29, 1.82) is 0 Å². The largest absolute Gasteiger partial charge is 0.491 e. The third kappa shape index (κ3) is 3.40. The predicted octanol–water partition coefficient (Wildman–Crippen LogP) is 4.36. The van der Waals surface area contributed by atoms with E-state index in [1.807, 2.05) is 24.3 Å². The Bertz CT molecular complexity index is 1160. The van der Waals surface area contributed by atoms with Gasteiger partial charge in [-0.3, -0.25) is 4.90 Å². The number of benzene rings is 1. The van der Waals surface area contributed by atoms with Crippen molar-refractivity contribution in [2.45, 2.75) is 36.7 Å². The van der Waals surface area contributed by atoms with Gasteiger partial charge in [-0.05, 0) is 31.0 Å². The summed E-state index contributed by atoms with van der Waals surface area (Å²) in [7, 11) is 0. The fourth-order valence-corrected chi connectivity index (χ4v) is 4.91. The number of hydrogen-bond donors (Lipinski definition) is 2. The number of hydrogen-bond acceptors (Lipinski definition) is 5. The summed E-state index contributed by atoms with van der Waals surface area (Å²) in [5.41, 5.74) is 0.553. The highest BCUT2D eigenvalue weighted by Gasteiger charge is 2.50. The van der Waals surface area contributed by atoms with Crippen LogP contribution < -0.4 is 10.1 Å². The third-order valence-corrected chi connectivity index (χ3v) is 6.75. The van der Waals surface area contributed by atoms with Crippen LogP contribution in [-0.4, -0.2) is 52.8 Å². The van der Waals surface area contributed by atoms with Crippen molar-refractivity contribution in [2.24, 2.45) is 0 Å². The normalized spacial score (nSPS) is 24.8. The molecule has 2 N–H and O–H groups in total. The molecule has 168 valence electrons. The van der Waals surface area contributed by atoms with E-state index in [1.54, 1.807) is 6.07 Å². The zero-order chi connectivity index (χ0) is 21.9. The number of H-pyrrole nitrogens is 1. The molecule has 1 saturated heterocycles. The van der Waals surface area contributed by atoms with Gasteiger partial charge in [-0.25, -0.2) is 4.98 Å². The van der Waals surface area contributed by atoms with Gasteiger partial charge in [-0.1, -0.05) is 18.2 Å². The number of para-hydroxylation sites is 1. The van der Waals surface area contributed by atoms with Crippen LogP contribution in [0.1, 0.15) is 30.1 Å². The number of pyridine rings is 1. The lowest BCUT2D eigenvalue weighted by atomic mass is 9.94. The summed E-state index contributed by atoms with van der Waals surface area (Å²) in [5.74, 6) is 1.21. The van der Waals surface area contributed by atoms with Gasteiger partial charge in [-0.15, -0.1) is 0 Å². The summed E-state index contributed by atoms with van der Waals surface area (Å²) < 4.78 is 51.9. The van der Waals surface area contributed by atoms with Crippen molar-refractivity contribution in [3.05, 3.63) is 53.9 Å². The number of alkyl halides is 3. The number of anilines is 1. The van der Waals surface area contributed by atoms with Crippen molar-refractivity contribution < 1.29 is 22.6 Å². The summed E-state index contributed by atoms with van der Waals surface area (Å²) in [6, 6.07) is 10.3. The first-order chi connectivity index (χ1) is 15.4. The predicted molar refractivity (Wildman–Crippen MR) is 113 cm³/mol. The van der Waals surface area contributed by atoms with E-state index in [0.717, 1.165) is 43.3 Å². The number of aromatic amines is 1. The van der Waals surface area contributed by atoms with Gasteiger partial charge in [0.15, 0.2) is 0 Å². The molecular weight excluding hydrogens is 421 g/mol. The molecule has 2 atom stereocenters. The van der Waals surface area contributed by atoms with Crippen LogP contribution in [0.5, 0.6) is 5.75 Å². The number of fused-ring (bicyclic) bond motifs is 2. The molecule has 2 aromatic heterocycles. The van der Waals surface area contributed by atoms with Gasteiger partial charge >= 0.3 is 6.18 Å². The average molecular weight is 444 g/mol. The van der Waals surface area contributed by atoms with Gasteiger partial charge in [-0.2, -0.15) is 13.2 Å². The van der Waals surface area contributed by atoms with E-state index in [-0.39, 0.29) is 17.7 Å². The number of rotatable bonds is 3. The Labute approximate surface area is 182 Å². The first-order valence-corrected chi connectivity index (χ1v) is 10.8. The molecule has 32 heavy (non-hydrogen) atoms. The number of morpholine rings is 1. The minimum Gasteiger partial charge on any atom is -0.491 e. The number of nitrogens with zero attached hydrogens (tertiary/aromatic N) is 2. The standard InChI is InChI=1S/C23H23F3N4O2/c24-23(25,26)19-11-15-16(28-19)5-8-27-21(15)29-20-14-3-1-2-4-18(14)31-12-17(20)30-9-10-32-22(13-30)6-7-22/h1-5,8,11,17,20,28H,6-7,9-10,12-13H2,(H,27,29)/t17-,20-/m0/s1. The maximum atomic E-state index is 13.3. The van der Waals surface area contributed by atoms with Crippen LogP contribution >= 0.6 is 0 Å². The van der Waals surface area contributed by atoms with Crippen molar-refractivity contribution in [3.63, 3.8) is 0 Å². The minimum atomic E-state index is -4.45. The third-order valence-electron chi connectivity index (χ3n) is 6.75. The molecule has 9 heteroatoms. The lowest BCUT2D eigenvalue weighted by Gasteiger charge is -2.44. The van der Waals surface area contributed by atoms with Crippen molar-refractivity contribution in [2.75, 3.05) is 31.6 Å². The van der Waals surface area contributed by atoms with E-state index < -0.39 is 11.9 Å². The molecule has 0 radical (unpaired) electrons. The Morgan fingerprint density at radius 2 is 2.03 bits per heavy atom. The van der Waals surface area contributed by atoms with Gasteiger partial charge in [0.2, 0.25) is 0 Å². The molecule has 1 aliphatic carbocycles. The highest BCUT2D eigenvalue weighted by molar-refractivity contribution is 5.90. The van der Waals surface area contributed by atoms with E-state index >= 15 is 0 Å². The van der Waals surface area contributed by atoms with Gasteiger partial charge in [0.25, 0.3) is 0 Å². The molecule has 0 amide bonds. The molecule has 3 aliphatic rings. The Morgan fingerprint density at radius 1 is 1.19 bits per heavy atom. The maximum Gasteiger partial charge on any atom is 0.431 e. The molecule has 6 nitrogen and oxygen atoms in total. The summed E-state index contributed by atoms with van der Waals surface area (Å²) in [4.78, 5) is 9.27. The second-order valence-electron chi connectivity index (χ2n) is 8.84. The Balaban J connectivity index is 1.38. The SMILES string of the molecule is FC(F)(F)c1cc2c(N[C@H]3c4ccccc4OC[C@@H]3N3CCOC4(CC4)C3)nccc2[nH]1. The number of halogens is 3. The van der Waals surface area contributed by atoms with Crippen LogP contribution in [0, 0.1) is 0 Å². The average Bonchev–Trinajstić information content (AvgIpc) is 3.35. The molecular formula is C23H23F3N4O2. The second-order valence-corrected chi connectivity index (χ2v) is 8.84. The molecule has 3 aromatic rings. The highest BCUT2D eigenvalue weighted by Crippen LogP contribution is 2.45. The summed E-state index contributed by atoms with van der Waals surface area (Å²) in [5, 5.41) is 3.90. The van der Waals surface area contributed by atoms with Crippen LogP contribution in [0.3, 0.4) is 0 Å². The molecule has 2 aliphatic heterocycles. The number of aromatic nitrogens is 2. The molecule has 0 unspecified atom stereocenters.